The second-order valence-corrected chi connectivity index (χ2v) is 6.62. The SMILES string of the molecule is CCOC(=O)c1ncc(I)cc1S(=O)(=O)CC. The minimum absolute atomic E-state index is 0.0645. The molecule has 1 aromatic heterocycles. The third-order valence-corrected chi connectivity index (χ3v) is 4.33. The van der Waals surface area contributed by atoms with E-state index in [4.69, 9.17) is 4.74 Å². The van der Waals surface area contributed by atoms with Gasteiger partial charge in [0.05, 0.1) is 12.4 Å². The zero-order chi connectivity index (χ0) is 13.1. The highest BCUT2D eigenvalue weighted by molar-refractivity contribution is 14.1. The van der Waals surface area contributed by atoms with Crippen LogP contribution < -0.4 is 0 Å². The van der Waals surface area contributed by atoms with E-state index in [9.17, 15) is 13.2 Å². The second-order valence-electron chi connectivity index (χ2n) is 3.12. The molecule has 0 aliphatic heterocycles. The van der Waals surface area contributed by atoms with Crippen molar-refractivity contribution in [1.82, 2.24) is 4.98 Å². The van der Waals surface area contributed by atoms with Gasteiger partial charge in [-0.1, -0.05) is 6.92 Å². The largest absolute Gasteiger partial charge is 0.461 e. The molecule has 0 bridgehead atoms. The lowest BCUT2D eigenvalue weighted by Crippen LogP contribution is -2.15. The van der Waals surface area contributed by atoms with Gasteiger partial charge in [0.2, 0.25) is 0 Å². The van der Waals surface area contributed by atoms with Crippen LogP contribution in [-0.4, -0.2) is 31.7 Å². The molecule has 0 N–H and O–H groups in total. The van der Waals surface area contributed by atoms with Gasteiger partial charge < -0.3 is 4.74 Å². The Kier molecular flexibility index (Phi) is 4.87. The van der Waals surface area contributed by atoms with Gasteiger partial charge in [-0.15, -0.1) is 0 Å². The maximum Gasteiger partial charge on any atom is 0.358 e. The highest BCUT2D eigenvalue weighted by Gasteiger charge is 2.23. The van der Waals surface area contributed by atoms with Gasteiger partial charge in [-0.3, -0.25) is 0 Å². The summed E-state index contributed by atoms with van der Waals surface area (Å²) in [5, 5.41) is 0. The summed E-state index contributed by atoms with van der Waals surface area (Å²) in [4.78, 5) is 15.4. The van der Waals surface area contributed by atoms with Crippen molar-refractivity contribution < 1.29 is 17.9 Å². The first-order valence-corrected chi connectivity index (χ1v) is 7.71. The van der Waals surface area contributed by atoms with Gasteiger partial charge in [0.25, 0.3) is 0 Å². The van der Waals surface area contributed by atoms with E-state index in [-0.39, 0.29) is 22.9 Å². The molecule has 0 amide bonds. The molecule has 0 radical (unpaired) electrons. The minimum atomic E-state index is -3.48. The van der Waals surface area contributed by atoms with Crippen LogP contribution in [0.3, 0.4) is 0 Å². The van der Waals surface area contributed by atoms with Crippen molar-refractivity contribution in [1.29, 1.82) is 0 Å². The van der Waals surface area contributed by atoms with E-state index in [1.165, 1.54) is 19.2 Å². The molecule has 0 aliphatic rings. The molecule has 1 heterocycles. The number of rotatable bonds is 4. The lowest BCUT2D eigenvalue weighted by molar-refractivity contribution is 0.0514. The molecule has 0 aliphatic carbocycles. The van der Waals surface area contributed by atoms with Crippen LogP contribution in [-0.2, 0) is 14.6 Å². The first-order chi connectivity index (χ1) is 7.92. The second kappa shape index (κ2) is 5.76. The predicted molar refractivity (Wildman–Crippen MR) is 70.6 cm³/mol. The van der Waals surface area contributed by atoms with Crippen LogP contribution in [0.5, 0.6) is 0 Å². The summed E-state index contributed by atoms with van der Waals surface area (Å²) in [5.41, 5.74) is -0.144. The Balaban J connectivity index is 3.37. The monoisotopic (exact) mass is 369 g/mol. The summed E-state index contributed by atoms with van der Waals surface area (Å²) >= 11 is 1.94. The van der Waals surface area contributed by atoms with Crippen LogP contribution in [0.1, 0.15) is 24.3 Å². The summed E-state index contributed by atoms with van der Waals surface area (Å²) in [6, 6.07) is 1.43. The molecular formula is C10H12INO4S. The fraction of sp³-hybridized carbons (Fsp3) is 0.400. The average Bonchev–Trinajstić information content (AvgIpc) is 2.29. The number of sulfone groups is 1. The van der Waals surface area contributed by atoms with E-state index in [0.29, 0.717) is 3.57 Å². The number of hydrogen-bond acceptors (Lipinski definition) is 5. The molecule has 94 valence electrons. The summed E-state index contributed by atoms with van der Waals surface area (Å²) in [7, 11) is -3.48. The topological polar surface area (TPSA) is 73.3 Å². The van der Waals surface area contributed by atoms with Gasteiger partial charge in [-0.2, -0.15) is 0 Å². The first kappa shape index (κ1) is 14.4. The highest BCUT2D eigenvalue weighted by atomic mass is 127. The van der Waals surface area contributed by atoms with Gasteiger partial charge in [-0.05, 0) is 35.6 Å². The Morgan fingerprint density at radius 2 is 2.12 bits per heavy atom. The number of esters is 1. The number of nitrogens with zero attached hydrogens (tertiary/aromatic N) is 1. The Bertz CT molecular complexity index is 527. The summed E-state index contributed by atoms with van der Waals surface area (Å²) in [6.45, 7) is 3.35. The molecule has 5 nitrogen and oxygen atoms in total. The van der Waals surface area contributed by atoms with Crippen molar-refractivity contribution in [3.63, 3.8) is 0 Å². The molecule has 1 rings (SSSR count). The maximum absolute atomic E-state index is 11.8. The van der Waals surface area contributed by atoms with Gasteiger partial charge in [0, 0.05) is 9.77 Å². The van der Waals surface area contributed by atoms with Crippen LogP contribution in [0.2, 0.25) is 0 Å². The molecule has 1 aromatic rings. The number of carbonyl (C=O) groups excluding carboxylic acids is 1. The van der Waals surface area contributed by atoms with Crippen molar-refractivity contribution in [2.24, 2.45) is 0 Å². The molecule has 0 saturated heterocycles. The summed E-state index contributed by atoms with van der Waals surface area (Å²) in [6.07, 6.45) is 1.43. The first-order valence-electron chi connectivity index (χ1n) is 4.97. The number of hydrogen-bond donors (Lipinski definition) is 0. The van der Waals surface area contributed by atoms with Crippen molar-refractivity contribution in [2.45, 2.75) is 18.7 Å². The molecule has 0 unspecified atom stereocenters. The summed E-state index contributed by atoms with van der Waals surface area (Å²) in [5.74, 6) is -0.794. The Morgan fingerprint density at radius 1 is 1.47 bits per heavy atom. The number of halogens is 1. The van der Waals surface area contributed by atoms with Crippen LogP contribution in [0.25, 0.3) is 0 Å². The van der Waals surface area contributed by atoms with E-state index in [0.717, 1.165) is 0 Å². The Morgan fingerprint density at radius 3 is 2.65 bits per heavy atom. The molecular weight excluding hydrogens is 357 g/mol. The fourth-order valence-electron chi connectivity index (χ4n) is 1.17. The van der Waals surface area contributed by atoms with E-state index >= 15 is 0 Å². The van der Waals surface area contributed by atoms with Crippen molar-refractivity contribution in [3.8, 4) is 0 Å². The number of aromatic nitrogens is 1. The number of carbonyl (C=O) groups is 1. The zero-order valence-electron chi connectivity index (χ0n) is 9.44. The molecule has 0 atom stereocenters. The Hall–Kier alpha value is -0.700. The maximum atomic E-state index is 11.8. The minimum Gasteiger partial charge on any atom is -0.461 e. The van der Waals surface area contributed by atoms with Gasteiger partial charge in [0.1, 0.15) is 4.90 Å². The molecule has 0 fully saturated rings. The van der Waals surface area contributed by atoms with Crippen LogP contribution in [0.15, 0.2) is 17.2 Å². The van der Waals surface area contributed by atoms with Crippen molar-refractivity contribution in [2.75, 3.05) is 12.4 Å². The number of pyridine rings is 1. The predicted octanol–water partition coefficient (Wildman–Crippen LogP) is 1.66. The lowest BCUT2D eigenvalue weighted by Gasteiger charge is -2.08. The van der Waals surface area contributed by atoms with Crippen molar-refractivity contribution in [3.05, 3.63) is 21.5 Å². The molecule has 17 heavy (non-hydrogen) atoms. The quantitative estimate of drug-likeness (QED) is 0.596. The van der Waals surface area contributed by atoms with E-state index < -0.39 is 15.8 Å². The number of ether oxygens (including phenoxy) is 1. The van der Waals surface area contributed by atoms with Gasteiger partial charge >= 0.3 is 5.97 Å². The molecule has 0 saturated carbocycles. The molecule has 7 heteroatoms. The smallest absolute Gasteiger partial charge is 0.358 e. The Labute approximate surface area is 114 Å². The molecule has 0 spiro atoms. The van der Waals surface area contributed by atoms with Crippen LogP contribution in [0.4, 0.5) is 0 Å². The van der Waals surface area contributed by atoms with Crippen molar-refractivity contribution >= 4 is 38.4 Å². The standard InChI is InChI=1S/C10H12INO4S/c1-3-16-10(13)9-8(17(14,15)4-2)5-7(11)6-12-9/h5-6H,3-4H2,1-2H3. The van der Waals surface area contributed by atoms with Crippen LogP contribution >= 0.6 is 22.6 Å². The highest BCUT2D eigenvalue weighted by Crippen LogP contribution is 2.19. The van der Waals surface area contributed by atoms with E-state index in [2.05, 4.69) is 4.98 Å². The van der Waals surface area contributed by atoms with Crippen LogP contribution in [0, 0.1) is 3.57 Å². The van der Waals surface area contributed by atoms with E-state index in [1.807, 2.05) is 22.6 Å². The average molecular weight is 369 g/mol. The molecule has 0 aromatic carbocycles. The summed E-state index contributed by atoms with van der Waals surface area (Å²) < 4.78 is 29.1. The third kappa shape index (κ3) is 3.38. The third-order valence-electron chi connectivity index (χ3n) is 2.00. The van der Waals surface area contributed by atoms with E-state index in [1.54, 1.807) is 6.92 Å². The van der Waals surface area contributed by atoms with Gasteiger partial charge in [-0.25, -0.2) is 18.2 Å². The van der Waals surface area contributed by atoms with Gasteiger partial charge in [0.15, 0.2) is 15.5 Å². The zero-order valence-corrected chi connectivity index (χ0v) is 12.4. The normalized spacial score (nSPS) is 11.2. The fourth-order valence-corrected chi connectivity index (χ4v) is 2.88. The lowest BCUT2D eigenvalue weighted by atomic mass is 10.3.